The van der Waals surface area contributed by atoms with Gasteiger partial charge in [-0.3, -0.25) is 0 Å². The predicted molar refractivity (Wildman–Crippen MR) is 106 cm³/mol. The molecule has 0 unspecified atom stereocenters. The van der Waals surface area contributed by atoms with Gasteiger partial charge in [0.15, 0.2) is 11.5 Å². The van der Waals surface area contributed by atoms with E-state index in [0.29, 0.717) is 12.4 Å². The van der Waals surface area contributed by atoms with Crippen LogP contribution in [-0.4, -0.2) is 43.0 Å². The monoisotopic (exact) mass is 354 g/mol. The number of anilines is 1. The van der Waals surface area contributed by atoms with E-state index in [4.69, 9.17) is 9.84 Å². The molecular formula is C20H38N2O3. The quantitative estimate of drug-likeness (QED) is 0.539. The first-order valence-corrected chi connectivity index (χ1v) is 9.65. The van der Waals surface area contributed by atoms with E-state index in [0.717, 1.165) is 43.6 Å². The molecule has 0 aromatic carbocycles. The van der Waals surface area contributed by atoms with Crippen LogP contribution in [0.3, 0.4) is 0 Å². The standard InChI is InChI=1S/C18H32N2O3.C2H6/c1-20(2)17-14-16(23-3)18(22)15(19-17)12-10-8-6-4-5-7-9-11-13-21;1-2/h14,21-22H,4-13H2,1-3H3;1-2H3. The van der Waals surface area contributed by atoms with Crippen LogP contribution in [0.2, 0.25) is 0 Å². The second kappa shape index (κ2) is 14.8. The number of hydrogen-bond acceptors (Lipinski definition) is 5. The molecular weight excluding hydrogens is 316 g/mol. The average molecular weight is 355 g/mol. The summed E-state index contributed by atoms with van der Waals surface area (Å²) in [5, 5.41) is 18.9. The highest BCUT2D eigenvalue weighted by Crippen LogP contribution is 2.32. The predicted octanol–water partition coefficient (Wildman–Crippen LogP) is 4.54. The molecule has 0 radical (unpaired) electrons. The number of aliphatic hydroxyl groups is 1. The van der Waals surface area contributed by atoms with Crippen molar-refractivity contribution in [3.63, 3.8) is 0 Å². The molecule has 1 aromatic rings. The minimum absolute atomic E-state index is 0.169. The van der Waals surface area contributed by atoms with Crippen LogP contribution < -0.4 is 9.64 Å². The summed E-state index contributed by atoms with van der Waals surface area (Å²) < 4.78 is 5.23. The third-order valence-electron chi connectivity index (χ3n) is 4.02. The second-order valence-corrected chi connectivity index (χ2v) is 6.17. The van der Waals surface area contributed by atoms with Gasteiger partial charge in [-0.05, 0) is 19.3 Å². The third kappa shape index (κ3) is 9.54. The van der Waals surface area contributed by atoms with E-state index >= 15 is 0 Å². The van der Waals surface area contributed by atoms with Crippen LogP contribution in [0.15, 0.2) is 6.07 Å². The maximum atomic E-state index is 10.2. The van der Waals surface area contributed by atoms with Crippen molar-refractivity contribution in [3.8, 4) is 11.5 Å². The molecule has 0 aliphatic rings. The topological polar surface area (TPSA) is 65.8 Å². The number of hydrogen-bond donors (Lipinski definition) is 2. The van der Waals surface area contributed by atoms with Gasteiger partial charge in [-0.2, -0.15) is 0 Å². The zero-order chi connectivity index (χ0) is 19.1. The van der Waals surface area contributed by atoms with Gasteiger partial charge in [0.05, 0.1) is 12.8 Å². The Morgan fingerprint density at radius 2 is 1.48 bits per heavy atom. The Bertz CT molecular complexity index is 451. The van der Waals surface area contributed by atoms with Crippen LogP contribution in [0.1, 0.15) is 70.9 Å². The lowest BCUT2D eigenvalue weighted by molar-refractivity contribution is 0.282. The van der Waals surface area contributed by atoms with E-state index in [1.807, 2.05) is 32.8 Å². The van der Waals surface area contributed by atoms with Gasteiger partial charge in [0.1, 0.15) is 5.82 Å². The lowest BCUT2D eigenvalue weighted by atomic mass is 10.1. The Kier molecular flexibility index (Phi) is 13.9. The summed E-state index contributed by atoms with van der Waals surface area (Å²) in [7, 11) is 5.42. The fourth-order valence-electron chi connectivity index (χ4n) is 2.58. The van der Waals surface area contributed by atoms with Gasteiger partial charge in [0, 0.05) is 26.8 Å². The summed E-state index contributed by atoms with van der Waals surface area (Å²) in [6.07, 6.45) is 9.91. The van der Waals surface area contributed by atoms with E-state index in [9.17, 15) is 5.11 Å². The first kappa shape index (κ1) is 23.5. The maximum absolute atomic E-state index is 10.2. The molecule has 0 saturated carbocycles. The van der Waals surface area contributed by atoms with Crippen LogP contribution in [0.5, 0.6) is 11.5 Å². The van der Waals surface area contributed by atoms with Crippen molar-refractivity contribution in [1.29, 1.82) is 0 Å². The lowest BCUT2D eigenvalue weighted by Gasteiger charge is -2.16. The largest absolute Gasteiger partial charge is 0.503 e. The van der Waals surface area contributed by atoms with Crippen molar-refractivity contribution < 1.29 is 14.9 Å². The number of unbranched alkanes of at least 4 members (excludes halogenated alkanes) is 7. The number of aryl methyl sites for hydroxylation is 1. The zero-order valence-corrected chi connectivity index (χ0v) is 16.8. The van der Waals surface area contributed by atoms with Gasteiger partial charge in [0.2, 0.25) is 0 Å². The van der Waals surface area contributed by atoms with Gasteiger partial charge in [0.25, 0.3) is 0 Å². The highest BCUT2D eigenvalue weighted by Gasteiger charge is 2.13. The smallest absolute Gasteiger partial charge is 0.179 e. The Labute approximate surface area is 154 Å². The second-order valence-electron chi connectivity index (χ2n) is 6.17. The van der Waals surface area contributed by atoms with Crippen LogP contribution in [0.25, 0.3) is 0 Å². The van der Waals surface area contributed by atoms with Gasteiger partial charge < -0.3 is 19.8 Å². The number of aromatic nitrogens is 1. The van der Waals surface area contributed by atoms with Gasteiger partial charge >= 0.3 is 0 Å². The molecule has 146 valence electrons. The molecule has 0 aliphatic heterocycles. The maximum Gasteiger partial charge on any atom is 0.179 e. The average Bonchev–Trinajstić information content (AvgIpc) is 2.63. The summed E-state index contributed by atoms with van der Waals surface area (Å²) in [5.74, 6) is 1.46. The SMILES string of the molecule is CC.COc1cc(N(C)C)nc(CCCCCCCCCCO)c1O. The summed E-state index contributed by atoms with van der Waals surface area (Å²) in [6, 6.07) is 1.76. The fraction of sp³-hybridized carbons (Fsp3) is 0.750. The van der Waals surface area contributed by atoms with Crippen molar-refractivity contribution >= 4 is 5.82 Å². The van der Waals surface area contributed by atoms with Crippen molar-refractivity contribution in [2.24, 2.45) is 0 Å². The summed E-state index contributed by atoms with van der Waals surface area (Å²) in [4.78, 5) is 6.43. The molecule has 5 heteroatoms. The minimum Gasteiger partial charge on any atom is -0.503 e. The van der Waals surface area contributed by atoms with Gasteiger partial charge in [-0.1, -0.05) is 52.4 Å². The van der Waals surface area contributed by atoms with E-state index in [1.54, 1.807) is 13.2 Å². The molecule has 1 aromatic heterocycles. The first-order valence-electron chi connectivity index (χ1n) is 9.65. The first-order chi connectivity index (χ1) is 12.1. The van der Waals surface area contributed by atoms with E-state index < -0.39 is 0 Å². The van der Waals surface area contributed by atoms with Gasteiger partial charge in [-0.15, -0.1) is 0 Å². The minimum atomic E-state index is 0.169. The van der Waals surface area contributed by atoms with Crippen molar-refractivity contribution in [3.05, 3.63) is 11.8 Å². The Morgan fingerprint density at radius 1 is 0.960 bits per heavy atom. The lowest BCUT2D eigenvalue weighted by Crippen LogP contribution is -2.12. The number of methoxy groups -OCH3 is 1. The van der Waals surface area contributed by atoms with E-state index in [1.165, 1.54) is 25.7 Å². The molecule has 1 rings (SSSR count). The van der Waals surface area contributed by atoms with Crippen LogP contribution in [-0.2, 0) is 6.42 Å². The number of rotatable bonds is 12. The van der Waals surface area contributed by atoms with Crippen LogP contribution in [0, 0.1) is 0 Å². The molecule has 2 N–H and O–H groups in total. The Morgan fingerprint density at radius 3 is 1.96 bits per heavy atom. The normalized spacial score (nSPS) is 10.2. The molecule has 0 aliphatic carbocycles. The molecule has 0 spiro atoms. The summed E-state index contributed by atoms with van der Waals surface area (Å²) >= 11 is 0. The molecule has 0 amide bonds. The molecule has 0 bridgehead atoms. The molecule has 5 nitrogen and oxygen atoms in total. The number of pyridine rings is 1. The fourth-order valence-corrected chi connectivity index (χ4v) is 2.58. The van der Waals surface area contributed by atoms with Gasteiger partial charge in [-0.25, -0.2) is 4.98 Å². The van der Waals surface area contributed by atoms with Crippen molar-refractivity contribution in [1.82, 2.24) is 4.98 Å². The van der Waals surface area contributed by atoms with Crippen molar-refractivity contribution in [2.45, 2.75) is 71.6 Å². The molecule has 25 heavy (non-hydrogen) atoms. The van der Waals surface area contributed by atoms with E-state index in [-0.39, 0.29) is 5.75 Å². The summed E-state index contributed by atoms with van der Waals surface area (Å²) in [6.45, 7) is 4.31. The zero-order valence-electron chi connectivity index (χ0n) is 16.8. The molecule has 0 atom stereocenters. The van der Waals surface area contributed by atoms with Crippen LogP contribution >= 0.6 is 0 Å². The Hall–Kier alpha value is -1.49. The third-order valence-corrected chi connectivity index (χ3v) is 4.02. The molecule has 0 saturated heterocycles. The van der Waals surface area contributed by atoms with E-state index in [2.05, 4.69) is 4.98 Å². The van der Waals surface area contributed by atoms with Crippen molar-refractivity contribution in [2.75, 3.05) is 32.7 Å². The summed E-state index contributed by atoms with van der Waals surface area (Å²) in [5.41, 5.74) is 0.719. The van der Waals surface area contributed by atoms with Crippen LogP contribution in [0.4, 0.5) is 5.82 Å². The number of aliphatic hydroxyl groups excluding tert-OH is 1. The number of nitrogens with zero attached hydrogens (tertiary/aromatic N) is 2. The Balaban J connectivity index is 0.00000277. The molecule has 0 fully saturated rings. The molecule has 1 heterocycles. The highest BCUT2D eigenvalue weighted by molar-refractivity contribution is 5.52. The number of aromatic hydroxyl groups is 1. The highest BCUT2D eigenvalue weighted by atomic mass is 16.5. The number of ether oxygens (including phenoxy) is 1.